The maximum absolute atomic E-state index is 5.87. The highest BCUT2D eigenvalue weighted by Crippen LogP contribution is 2.34. The highest BCUT2D eigenvalue weighted by atomic mass is 79.9. The zero-order valence-electron chi connectivity index (χ0n) is 12.1. The number of hydrogen-bond acceptors (Lipinski definition) is 1. The summed E-state index contributed by atoms with van der Waals surface area (Å²) in [4.78, 5) is 0. The minimum absolute atomic E-state index is 0.745. The lowest BCUT2D eigenvalue weighted by atomic mass is 10.2. The van der Waals surface area contributed by atoms with Gasteiger partial charge in [-0.15, -0.1) is 0 Å². The number of benzene rings is 2. The molecule has 3 heteroatoms. The predicted molar refractivity (Wildman–Crippen MR) is 91.0 cm³/mol. The van der Waals surface area contributed by atoms with Gasteiger partial charge in [-0.1, -0.05) is 43.3 Å². The molecule has 108 valence electrons. The predicted octanol–water partition coefficient (Wildman–Crippen LogP) is 5.24. The van der Waals surface area contributed by atoms with E-state index in [1.807, 2.05) is 12.1 Å². The van der Waals surface area contributed by atoms with Crippen LogP contribution in [0, 0.1) is 0 Å². The van der Waals surface area contributed by atoms with Crippen molar-refractivity contribution in [3.05, 3.63) is 64.8 Å². The van der Waals surface area contributed by atoms with Crippen molar-refractivity contribution < 1.29 is 4.74 Å². The fourth-order valence-corrected chi connectivity index (χ4v) is 3.16. The fourth-order valence-electron chi connectivity index (χ4n) is 2.51. The van der Waals surface area contributed by atoms with Gasteiger partial charge in [0.2, 0.25) is 0 Å². The average molecular weight is 344 g/mol. The van der Waals surface area contributed by atoms with E-state index in [1.165, 1.54) is 11.1 Å². The molecule has 0 saturated heterocycles. The standard InChI is InChI=1S/C18H18BrNO/c1-2-11-21-17-10-6-9-16-18(17)15(19)13-20(16)12-14-7-4-3-5-8-14/h3-10,13H,2,11-12H2,1H3. The van der Waals surface area contributed by atoms with Gasteiger partial charge < -0.3 is 9.30 Å². The van der Waals surface area contributed by atoms with Crippen molar-refractivity contribution in [2.24, 2.45) is 0 Å². The van der Waals surface area contributed by atoms with E-state index in [0.717, 1.165) is 35.2 Å². The van der Waals surface area contributed by atoms with E-state index in [-0.39, 0.29) is 0 Å². The van der Waals surface area contributed by atoms with Crippen LogP contribution in [0.2, 0.25) is 0 Å². The first-order valence-electron chi connectivity index (χ1n) is 7.23. The second kappa shape index (κ2) is 6.35. The van der Waals surface area contributed by atoms with Gasteiger partial charge in [-0.2, -0.15) is 0 Å². The summed E-state index contributed by atoms with van der Waals surface area (Å²) in [6.07, 6.45) is 3.15. The lowest BCUT2D eigenvalue weighted by Crippen LogP contribution is -1.98. The molecule has 3 rings (SSSR count). The molecule has 0 atom stereocenters. The van der Waals surface area contributed by atoms with E-state index in [4.69, 9.17) is 4.74 Å². The van der Waals surface area contributed by atoms with Gasteiger partial charge in [0.1, 0.15) is 5.75 Å². The monoisotopic (exact) mass is 343 g/mol. The van der Waals surface area contributed by atoms with Crippen molar-refractivity contribution in [2.75, 3.05) is 6.61 Å². The molecule has 0 fully saturated rings. The first-order chi connectivity index (χ1) is 10.3. The Morgan fingerprint density at radius 2 is 1.86 bits per heavy atom. The summed E-state index contributed by atoms with van der Waals surface area (Å²) in [6.45, 7) is 3.73. The molecule has 0 radical (unpaired) electrons. The molecule has 3 aromatic rings. The summed E-state index contributed by atoms with van der Waals surface area (Å²) >= 11 is 3.67. The van der Waals surface area contributed by atoms with Crippen LogP contribution in [-0.2, 0) is 6.54 Å². The number of aromatic nitrogens is 1. The summed E-state index contributed by atoms with van der Waals surface area (Å²) in [7, 11) is 0. The minimum Gasteiger partial charge on any atom is -0.493 e. The Kier molecular flexibility index (Phi) is 4.30. The summed E-state index contributed by atoms with van der Waals surface area (Å²) in [5.41, 5.74) is 2.49. The van der Waals surface area contributed by atoms with Crippen molar-refractivity contribution >= 4 is 26.8 Å². The summed E-state index contributed by atoms with van der Waals surface area (Å²) in [5, 5.41) is 1.15. The van der Waals surface area contributed by atoms with E-state index in [2.05, 4.69) is 70.0 Å². The normalized spacial score (nSPS) is 11.0. The molecular weight excluding hydrogens is 326 g/mol. The Hall–Kier alpha value is -1.74. The molecule has 2 aromatic carbocycles. The van der Waals surface area contributed by atoms with Crippen LogP contribution in [0.1, 0.15) is 18.9 Å². The smallest absolute Gasteiger partial charge is 0.129 e. The zero-order chi connectivity index (χ0) is 14.7. The first kappa shape index (κ1) is 14.2. The average Bonchev–Trinajstić information content (AvgIpc) is 2.83. The van der Waals surface area contributed by atoms with Crippen molar-refractivity contribution in [2.45, 2.75) is 19.9 Å². The molecular formula is C18H18BrNO. The zero-order valence-corrected chi connectivity index (χ0v) is 13.6. The Balaban J connectivity index is 2.01. The molecule has 0 spiro atoms. The van der Waals surface area contributed by atoms with E-state index < -0.39 is 0 Å². The highest BCUT2D eigenvalue weighted by Gasteiger charge is 2.11. The lowest BCUT2D eigenvalue weighted by molar-refractivity contribution is 0.321. The molecule has 0 saturated carbocycles. The summed E-state index contributed by atoms with van der Waals surface area (Å²) in [5.74, 6) is 0.952. The molecule has 2 nitrogen and oxygen atoms in total. The van der Waals surface area contributed by atoms with Gasteiger partial charge in [0.25, 0.3) is 0 Å². The van der Waals surface area contributed by atoms with Gasteiger partial charge in [0, 0.05) is 17.2 Å². The number of nitrogens with zero attached hydrogens (tertiary/aromatic N) is 1. The third kappa shape index (κ3) is 2.98. The van der Waals surface area contributed by atoms with E-state index in [9.17, 15) is 0 Å². The van der Waals surface area contributed by atoms with Crippen LogP contribution in [0.5, 0.6) is 5.75 Å². The fraction of sp³-hybridized carbons (Fsp3) is 0.222. The van der Waals surface area contributed by atoms with Gasteiger partial charge in [-0.3, -0.25) is 0 Å². The quantitative estimate of drug-likeness (QED) is 0.617. The van der Waals surface area contributed by atoms with Gasteiger partial charge in [0.15, 0.2) is 0 Å². The van der Waals surface area contributed by atoms with Gasteiger partial charge in [-0.05, 0) is 40.0 Å². The Bertz CT molecular complexity index is 734. The molecule has 0 aliphatic rings. The third-order valence-corrected chi connectivity index (χ3v) is 4.08. The van der Waals surface area contributed by atoms with Crippen molar-refractivity contribution in [1.29, 1.82) is 0 Å². The molecule has 0 bridgehead atoms. The summed E-state index contributed by atoms with van der Waals surface area (Å²) in [6, 6.07) is 16.7. The SMILES string of the molecule is CCCOc1cccc2c1c(Br)cn2Cc1ccccc1. The molecule has 0 aliphatic heterocycles. The number of halogens is 1. The molecule has 0 unspecified atom stereocenters. The van der Waals surface area contributed by atoms with Crippen molar-refractivity contribution in [1.82, 2.24) is 4.57 Å². The van der Waals surface area contributed by atoms with Crippen LogP contribution in [0.15, 0.2) is 59.2 Å². The van der Waals surface area contributed by atoms with Crippen LogP contribution < -0.4 is 4.74 Å². The minimum atomic E-state index is 0.745. The van der Waals surface area contributed by atoms with Crippen LogP contribution in [0.4, 0.5) is 0 Å². The van der Waals surface area contributed by atoms with Gasteiger partial charge >= 0.3 is 0 Å². The molecule has 0 aliphatic carbocycles. The largest absolute Gasteiger partial charge is 0.493 e. The molecule has 1 aromatic heterocycles. The van der Waals surface area contributed by atoms with Gasteiger partial charge in [-0.25, -0.2) is 0 Å². The maximum atomic E-state index is 5.87. The Morgan fingerprint density at radius 1 is 1.05 bits per heavy atom. The number of ether oxygens (including phenoxy) is 1. The highest BCUT2D eigenvalue weighted by molar-refractivity contribution is 9.10. The Labute approximate surface area is 133 Å². The molecule has 0 N–H and O–H groups in total. The van der Waals surface area contributed by atoms with Crippen LogP contribution in [0.25, 0.3) is 10.9 Å². The number of fused-ring (bicyclic) bond motifs is 1. The van der Waals surface area contributed by atoms with Gasteiger partial charge in [0.05, 0.1) is 17.5 Å². The second-order valence-electron chi connectivity index (χ2n) is 5.09. The lowest BCUT2D eigenvalue weighted by Gasteiger charge is -2.08. The first-order valence-corrected chi connectivity index (χ1v) is 8.03. The third-order valence-electron chi connectivity index (χ3n) is 3.48. The molecule has 1 heterocycles. The topological polar surface area (TPSA) is 14.2 Å². The van der Waals surface area contributed by atoms with Crippen LogP contribution >= 0.6 is 15.9 Å². The van der Waals surface area contributed by atoms with Crippen molar-refractivity contribution in [3.63, 3.8) is 0 Å². The molecule has 0 amide bonds. The number of rotatable bonds is 5. The molecule has 21 heavy (non-hydrogen) atoms. The Morgan fingerprint density at radius 3 is 2.62 bits per heavy atom. The van der Waals surface area contributed by atoms with E-state index in [1.54, 1.807) is 0 Å². The second-order valence-corrected chi connectivity index (χ2v) is 5.94. The van der Waals surface area contributed by atoms with Crippen molar-refractivity contribution in [3.8, 4) is 5.75 Å². The van der Waals surface area contributed by atoms with Crippen LogP contribution in [-0.4, -0.2) is 11.2 Å². The maximum Gasteiger partial charge on any atom is 0.129 e. The van der Waals surface area contributed by atoms with Crippen LogP contribution in [0.3, 0.4) is 0 Å². The number of hydrogen-bond donors (Lipinski definition) is 0. The van der Waals surface area contributed by atoms with E-state index in [0.29, 0.717) is 0 Å². The summed E-state index contributed by atoms with van der Waals surface area (Å²) < 4.78 is 9.21. The van der Waals surface area contributed by atoms with E-state index >= 15 is 0 Å².